The molecule has 6 rings (SSSR count). The second-order valence-corrected chi connectivity index (χ2v) is 18.8. The number of nitrogens with zero attached hydrogens (tertiary/aromatic N) is 9. The summed E-state index contributed by atoms with van der Waals surface area (Å²) in [4.78, 5) is 89.3. The van der Waals surface area contributed by atoms with E-state index < -0.39 is 17.5 Å². The zero-order chi connectivity index (χ0) is 53.4. The van der Waals surface area contributed by atoms with Gasteiger partial charge in [-0.05, 0) is 76.1 Å². The summed E-state index contributed by atoms with van der Waals surface area (Å²) in [6.45, 7) is 9.59. The average molecular weight is 1070 g/mol. The van der Waals surface area contributed by atoms with Crippen molar-refractivity contribution in [2.45, 2.75) is 72.4 Å². The zero-order valence-corrected chi connectivity index (χ0v) is 43.5. The van der Waals surface area contributed by atoms with Crippen molar-refractivity contribution >= 4 is 74.5 Å². The number of carbonyl (C=O) groups is 4. The number of Topliss-reactive ketones (excluding diaryl/α,β-unsaturated/α-hetero) is 2. The number of benzene rings is 1. The van der Waals surface area contributed by atoms with E-state index in [1.165, 1.54) is 11.3 Å². The molecule has 1 atom stereocenters. The quantitative estimate of drug-likeness (QED) is 0.0206. The summed E-state index contributed by atoms with van der Waals surface area (Å²) in [5.41, 5.74) is 14.5. The number of pyridine rings is 1. The van der Waals surface area contributed by atoms with Gasteiger partial charge in [0.1, 0.15) is 16.2 Å². The first-order valence-corrected chi connectivity index (χ1v) is 25.3. The molecule has 1 aromatic carbocycles. The lowest BCUT2D eigenvalue weighted by molar-refractivity contribution is -0.160. The summed E-state index contributed by atoms with van der Waals surface area (Å²) in [6, 6.07) is 14.2. The number of anilines is 5. The fourth-order valence-corrected chi connectivity index (χ4v) is 8.05. The van der Waals surface area contributed by atoms with Gasteiger partial charge in [-0.2, -0.15) is 9.97 Å². The van der Waals surface area contributed by atoms with Crippen molar-refractivity contribution in [2.75, 3.05) is 101 Å². The molecule has 0 bridgehead atoms. The van der Waals surface area contributed by atoms with Gasteiger partial charge in [-0.15, -0.1) is 0 Å². The highest BCUT2D eigenvalue weighted by Crippen LogP contribution is 2.32. The fourth-order valence-electron chi connectivity index (χ4n) is 7.11. The molecule has 0 saturated carbocycles. The number of hydrogen-bond acceptors (Lipinski definition) is 23. The highest BCUT2D eigenvalue weighted by atomic mass is 32.1. The van der Waals surface area contributed by atoms with Gasteiger partial charge in [0, 0.05) is 69.3 Å². The Morgan fingerprint density at radius 1 is 0.724 bits per heavy atom. The summed E-state index contributed by atoms with van der Waals surface area (Å²) >= 11 is 1.24. The van der Waals surface area contributed by atoms with E-state index in [0.29, 0.717) is 122 Å². The van der Waals surface area contributed by atoms with Crippen molar-refractivity contribution in [3.05, 3.63) is 89.5 Å². The van der Waals surface area contributed by atoms with Crippen LogP contribution in [0.25, 0.3) is 22.6 Å². The summed E-state index contributed by atoms with van der Waals surface area (Å²) in [6.07, 6.45) is 7.34. The van der Waals surface area contributed by atoms with Crippen molar-refractivity contribution in [3.8, 4) is 11.4 Å². The molecule has 0 aliphatic rings. The predicted molar refractivity (Wildman–Crippen MR) is 288 cm³/mol. The number of nitrogens with two attached hydrogens (primary N) is 2. The van der Waals surface area contributed by atoms with Gasteiger partial charge >= 0.3 is 5.97 Å². The van der Waals surface area contributed by atoms with E-state index in [0.717, 1.165) is 5.69 Å². The number of carbonyl (C=O) groups excluding carboxylic acids is 4. The van der Waals surface area contributed by atoms with Crippen molar-refractivity contribution in [2.24, 2.45) is 5.92 Å². The Morgan fingerprint density at radius 3 is 2.01 bits per heavy atom. The van der Waals surface area contributed by atoms with Crippen LogP contribution < -0.4 is 27.0 Å². The number of rotatable bonds is 33. The summed E-state index contributed by atoms with van der Waals surface area (Å²) < 4.78 is 33.6. The summed E-state index contributed by atoms with van der Waals surface area (Å²) in [5, 5.41) is 6.36. The molecule has 6 aromatic rings. The molecule has 408 valence electrons. The molecule has 5 heterocycles. The molecular weight excluding hydrogens is 999 g/mol. The zero-order valence-electron chi connectivity index (χ0n) is 42.7. The molecule has 1 amide bonds. The molecule has 24 heteroatoms. The fraction of sp³-hybridized carbons (Fsp3) is 0.462. The molecule has 0 aliphatic carbocycles. The van der Waals surface area contributed by atoms with Gasteiger partial charge in [-0.3, -0.25) is 24.2 Å². The van der Waals surface area contributed by atoms with Crippen LogP contribution >= 0.6 is 11.3 Å². The lowest BCUT2D eigenvalue weighted by Gasteiger charge is -2.24. The van der Waals surface area contributed by atoms with Crippen molar-refractivity contribution in [3.63, 3.8) is 0 Å². The highest BCUT2D eigenvalue weighted by molar-refractivity contribution is 7.18. The van der Waals surface area contributed by atoms with E-state index >= 15 is 0 Å². The lowest BCUT2D eigenvalue weighted by atomic mass is 9.93. The molecule has 5 aromatic heterocycles. The second-order valence-electron chi connectivity index (χ2n) is 17.8. The van der Waals surface area contributed by atoms with Crippen LogP contribution in [0.2, 0.25) is 0 Å². The van der Waals surface area contributed by atoms with E-state index in [4.69, 9.17) is 39.9 Å². The predicted octanol–water partition coefficient (Wildman–Crippen LogP) is 6.08. The first-order valence-electron chi connectivity index (χ1n) is 24.5. The van der Waals surface area contributed by atoms with Gasteiger partial charge in [0.05, 0.1) is 89.5 Å². The Labute approximate surface area is 446 Å². The van der Waals surface area contributed by atoms with Crippen LogP contribution in [0.5, 0.6) is 0 Å². The number of nitrogens with one attached hydrogen (secondary N) is 2. The second kappa shape index (κ2) is 31.0. The number of ketones is 2. The summed E-state index contributed by atoms with van der Waals surface area (Å²) in [5.74, 6) is -1.39. The molecule has 23 nitrogen and oxygen atoms in total. The highest BCUT2D eigenvalue weighted by Gasteiger charge is 2.29. The monoisotopic (exact) mass is 1070 g/mol. The van der Waals surface area contributed by atoms with Crippen LogP contribution in [-0.2, 0) is 44.6 Å². The average Bonchev–Trinajstić information content (AvgIpc) is 3.82. The molecular formula is C52H69N13O10S. The maximum Gasteiger partial charge on any atom is 0.309 e. The lowest BCUT2D eigenvalue weighted by Crippen LogP contribution is -2.32. The Morgan fingerprint density at radius 2 is 1.37 bits per heavy atom. The van der Waals surface area contributed by atoms with Crippen LogP contribution in [0, 0.1) is 5.92 Å². The van der Waals surface area contributed by atoms with Gasteiger partial charge in [-0.25, -0.2) is 24.9 Å². The van der Waals surface area contributed by atoms with Crippen molar-refractivity contribution in [1.82, 2.24) is 45.2 Å². The first kappa shape index (κ1) is 59.7. The molecule has 0 radical (unpaired) electrons. The van der Waals surface area contributed by atoms with Gasteiger partial charge in [0.25, 0.3) is 0 Å². The number of aromatic nitrogens is 8. The van der Waals surface area contributed by atoms with Crippen LogP contribution in [0.15, 0.2) is 73.3 Å². The normalized spacial score (nSPS) is 11.7. The number of nitrogen functional groups attached to an aromatic ring is 2. The minimum atomic E-state index is -0.825. The van der Waals surface area contributed by atoms with E-state index in [-0.39, 0.29) is 75.5 Å². The number of fused-ring (bicyclic) bond motifs is 1. The summed E-state index contributed by atoms with van der Waals surface area (Å²) in [7, 11) is 1.87. The Kier molecular flexibility index (Phi) is 24.3. The molecule has 0 aliphatic heterocycles. The Hall–Kier alpha value is -7.22. The molecule has 6 N–H and O–H groups in total. The van der Waals surface area contributed by atoms with Crippen LogP contribution in [0.3, 0.4) is 0 Å². The number of ether oxygens (including phenoxy) is 6. The maximum absolute atomic E-state index is 13.5. The number of hydrogen-bond donors (Lipinski definition) is 4. The minimum Gasteiger partial charge on any atom is -0.460 e. The van der Waals surface area contributed by atoms with Crippen LogP contribution in [-0.4, -0.2) is 149 Å². The largest absolute Gasteiger partial charge is 0.460 e. The smallest absolute Gasteiger partial charge is 0.309 e. The van der Waals surface area contributed by atoms with Gasteiger partial charge in [0.15, 0.2) is 33.7 Å². The van der Waals surface area contributed by atoms with E-state index in [2.05, 4.69) is 50.5 Å². The van der Waals surface area contributed by atoms with E-state index in [1.807, 2.05) is 30.1 Å². The molecule has 0 spiro atoms. The van der Waals surface area contributed by atoms with Gasteiger partial charge in [0.2, 0.25) is 17.8 Å². The Balaban J connectivity index is 0.0000107. The third kappa shape index (κ3) is 20.1. The molecule has 0 saturated heterocycles. The standard InChI is InChI=1S/C51H65N13O10S.CH4/c1-51(2,3)74-47(68)35(31-40(66)34-11-14-37(15-12-34)64(4)33-36-32-58-46-43(59-36)45(52)61-48(53)62-46)13-16-41(67)55-20-22-70-24-26-72-28-30-73-29-27-71-25-23-69-21-7-10-39(65)44-42(38-9-5-6-17-54-38)60-50(75-44)63-49-56-18-8-19-57-49;/h5-6,8-9,11-12,14-15,17-19,32,35H,7,10,13,16,20-31,33H2,1-4H3,(H,55,67)(H,56,57,60,63)(H4,52,53,58,61,62);1H4. The van der Waals surface area contributed by atoms with Crippen LogP contribution in [0.1, 0.15) is 86.0 Å². The topological polar surface area (TPSA) is 306 Å². The van der Waals surface area contributed by atoms with Crippen molar-refractivity contribution in [1.29, 1.82) is 0 Å². The first-order chi connectivity index (χ1) is 36.2. The molecule has 76 heavy (non-hydrogen) atoms. The maximum atomic E-state index is 13.5. The Bertz CT molecular complexity index is 2750. The van der Waals surface area contributed by atoms with Gasteiger partial charge in [-0.1, -0.05) is 24.8 Å². The van der Waals surface area contributed by atoms with Crippen LogP contribution in [0.4, 0.5) is 28.5 Å². The molecule has 1 unspecified atom stereocenters. The van der Waals surface area contributed by atoms with Crippen molar-refractivity contribution < 1.29 is 47.6 Å². The molecule has 0 fully saturated rings. The third-order valence-electron chi connectivity index (χ3n) is 10.7. The minimum absolute atomic E-state index is 0. The number of thiazole rings is 1. The SMILES string of the molecule is C.CN(Cc1cnc2nc(N)nc(N)c2n1)c1ccc(C(=O)CC(CCC(=O)NCCOCCOCCOCCOCCOCCCC(=O)c2sc(Nc3ncccn3)nc2-c2ccccn2)C(=O)OC(C)(C)C)cc1. The third-order valence-corrected chi connectivity index (χ3v) is 11.8. The van der Waals surface area contributed by atoms with E-state index in [1.54, 1.807) is 75.9 Å². The number of amides is 1. The number of esters is 1. The van der Waals surface area contributed by atoms with E-state index in [9.17, 15) is 19.2 Å². The van der Waals surface area contributed by atoms with Gasteiger partial charge < -0.3 is 55.4 Å².